The highest BCUT2D eigenvalue weighted by molar-refractivity contribution is 5.92. The van der Waals surface area contributed by atoms with Gasteiger partial charge in [-0.25, -0.2) is 4.98 Å². The van der Waals surface area contributed by atoms with Crippen molar-refractivity contribution in [2.75, 3.05) is 0 Å². The van der Waals surface area contributed by atoms with Gasteiger partial charge >= 0.3 is 5.82 Å². The van der Waals surface area contributed by atoms with E-state index in [1.807, 2.05) is 0 Å². The van der Waals surface area contributed by atoms with Crippen LogP contribution in [0.5, 0.6) is 5.75 Å². The van der Waals surface area contributed by atoms with Crippen LogP contribution in [0.2, 0.25) is 0 Å². The molecule has 0 bridgehead atoms. The Bertz CT molecular complexity index is 604. The molecule has 0 radical (unpaired) electrons. The molecular weight excluding hydrogens is 250 g/mol. The topological polar surface area (TPSA) is 108 Å². The van der Waals surface area contributed by atoms with E-state index in [0.29, 0.717) is 0 Å². The van der Waals surface area contributed by atoms with Crippen molar-refractivity contribution >= 4 is 11.7 Å². The van der Waals surface area contributed by atoms with Crippen molar-refractivity contribution < 1.29 is 14.8 Å². The molecule has 0 spiro atoms. The van der Waals surface area contributed by atoms with Crippen LogP contribution in [-0.4, -0.2) is 20.9 Å². The van der Waals surface area contributed by atoms with Gasteiger partial charge in [0, 0.05) is 12.6 Å². The lowest BCUT2D eigenvalue weighted by atomic mass is 10.2. The van der Waals surface area contributed by atoms with E-state index in [4.69, 9.17) is 5.11 Å². The van der Waals surface area contributed by atoms with Crippen LogP contribution in [0.15, 0.2) is 36.4 Å². The quantitative estimate of drug-likeness (QED) is 0.573. The van der Waals surface area contributed by atoms with Crippen molar-refractivity contribution in [2.45, 2.75) is 6.54 Å². The maximum atomic E-state index is 11.7. The normalized spacial score (nSPS) is 10.1. The molecule has 0 saturated heterocycles. The summed E-state index contributed by atoms with van der Waals surface area (Å²) in [6, 6.07) is 8.96. The van der Waals surface area contributed by atoms with E-state index in [2.05, 4.69) is 10.3 Å². The summed E-state index contributed by atoms with van der Waals surface area (Å²) in [4.78, 5) is 24.0. The summed E-state index contributed by atoms with van der Waals surface area (Å²) >= 11 is 0. The zero-order valence-corrected chi connectivity index (χ0v) is 9.79. The number of hydrogen-bond donors (Lipinski definition) is 3. The summed E-state index contributed by atoms with van der Waals surface area (Å²) in [7, 11) is 0. The van der Waals surface area contributed by atoms with Crippen LogP contribution in [0.4, 0.5) is 5.82 Å². The third-order valence-corrected chi connectivity index (χ3v) is 2.50. The molecule has 0 saturated carbocycles. The molecule has 1 aromatic heterocycles. The number of rotatable bonds is 4. The van der Waals surface area contributed by atoms with Gasteiger partial charge in [0.1, 0.15) is 5.75 Å². The first-order chi connectivity index (χ1) is 9.06. The van der Waals surface area contributed by atoms with Crippen LogP contribution in [0.25, 0.3) is 0 Å². The number of nitrogens with zero attached hydrogens (tertiary/aromatic N) is 1. The molecule has 19 heavy (non-hydrogen) atoms. The van der Waals surface area contributed by atoms with Gasteiger partial charge in [0.2, 0.25) is 0 Å². The fourth-order valence-electron chi connectivity index (χ4n) is 1.51. The number of carbonyl (C=O) groups excluding carboxylic acids is 1. The number of H-pyrrole nitrogens is 1. The van der Waals surface area contributed by atoms with Crippen LogP contribution in [0, 0.1) is 10.1 Å². The molecular formula is C12H11N3O4. The molecule has 7 heteroatoms. The Balaban J connectivity index is 1.97. The number of amides is 1. The average molecular weight is 261 g/mol. The highest BCUT2D eigenvalue weighted by atomic mass is 16.6. The SMILES string of the molecule is O=C(NCc1ccc(O)cc1)c1ccc([N+](=O)[O-])[nH]1. The van der Waals surface area contributed by atoms with Gasteiger partial charge in [0.25, 0.3) is 5.91 Å². The van der Waals surface area contributed by atoms with E-state index < -0.39 is 10.8 Å². The molecule has 1 heterocycles. The third kappa shape index (κ3) is 3.09. The summed E-state index contributed by atoms with van der Waals surface area (Å²) < 4.78 is 0. The van der Waals surface area contributed by atoms with Crippen LogP contribution < -0.4 is 5.32 Å². The molecule has 1 aromatic carbocycles. The Labute approximate surface area is 108 Å². The van der Waals surface area contributed by atoms with Crippen molar-refractivity contribution in [3.05, 3.63) is 57.8 Å². The molecule has 98 valence electrons. The zero-order chi connectivity index (χ0) is 13.8. The number of benzene rings is 1. The Morgan fingerprint density at radius 2 is 1.95 bits per heavy atom. The summed E-state index contributed by atoms with van der Waals surface area (Å²) in [6.45, 7) is 0.270. The molecule has 0 unspecified atom stereocenters. The first-order valence-electron chi connectivity index (χ1n) is 5.46. The van der Waals surface area contributed by atoms with Crippen LogP contribution in [0.1, 0.15) is 16.1 Å². The Morgan fingerprint density at radius 1 is 1.26 bits per heavy atom. The number of nitrogens with one attached hydrogen (secondary N) is 2. The number of carbonyl (C=O) groups is 1. The average Bonchev–Trinajstić information content (AvgIpc) is 2.87. The number of hydrogen-bond acceptors (Lipinski definition) is 4. The van der Waals surface area contributed by atoms with E-state index in [9.17, 15) is 14.9 Å². The van der Waals surface area contributed by atoms with E-state index in [0.717, 1.165) is 5.56 Å². The van der Waals surface area contributed by atoms with Gasteiger partial charge < -0.3 is 20.5 Å². The smallest absolute Gasteiger partial charge is 0.321 e. The minimum absolute atomic E-state index is 0.130. The van der Waals surface area contributed by atoms with E-state index in [-0.39, 0.29) is 23.8 Å². The molecule has 3 N–H and O–H groups in total. The van der Waals surface area contributed by atoms with E-state index in [1.54, 1.807) is 12.1 Å². The molecule has 7 nitrogen and oxygen atoms in total. The van der Waals surface area contributed by atoms with Crippen LogP contribution >= 0.6 is 0 Å². The number of aromatic nitrogens is 1. The monoisotopic (exact) mass is 261 g/mol. The summed E-state index contributed by atoms with van der Waals surface area (Å²) in [5.74, 6) is -0.508. The molecule has 2 rings (SSSR count). The molecule has 0 fully saturated rings. The molecule has 2 aromatic rings. The van der Waals surface area contributed by atoms with Crippen LogP contribution in [0.3, 0.4) is 0 Å². The summed E-state index contributed by atoms with van der Waals surface area (Å²) in [6.07, 6.45) is 0. The van der Waals surface area contributed by atoms with Crippen molar-refractivity contribution in [3.63, 3.8) is 0 Å². The van der Waals surface area contributed by atoms with Crippen molar-refractivity contribution in [2.24, 2.45) is 0 Å². The second-order valence-electron chi connectivity index (χ2n) is 3.86. The lowest BCUT2D eigenvalue weighted by Crippen LogP contribution is -2.23. The first-order valence-corrected chi connectivity index (χ1v) is 5.46. The number of phenolic OH excluding ortho intramolecular Hbond substituents is 1. The molecule has 1 amide bonds. The number of aromatic hydroxyl groups is 1. The number of phenols is 1. The van der Waals surface area contributed by atoms with Gasteiger partial charge in [0.05, 0.1) is 0 Å². The molecule has 0 aliphatic rings. The van der Waals surface area contributed by atoms with Gasteiger partial charge in [-0.1, -0.05) is 12.1 Å². The van der Waals surface area contributed by atoms with Gasteiger partial charge in [-0.15, -0.1) is 0 Å². The van der Waals surface area contributed by atoms with E-state index in [1.165, 1.54) is 24.3 Å². The summed E-state index contributed by atoms with van der Waals surface area (Å²) in [5.41, 5.74) is 0.942. The van der Waals surface area contributed by atoms with Gasteiger partial charge in [-0.3, -0.25) is 4.79 Å². The minimum Gasteiger partial charge on any atom is -0.508 e. The minimum atomic E-state index is -0.600. The van der Waals surface area contributed by atoms with Crippen LogP contribution in [-0.2, 0) is 6.54 Å². The van der Waals surface area contributed by atoms with Gasteiger partial charge in [0.15, 0.2) is 5.69 Å². The van der Waals surface area contributed by atoms with Gasteiger partial charge in [-0.05, 0) is 28.7 Å². The fraction of sp³-hybridized carbons (Fsp3) is 0.0833. The Morgan fingerprint density at radius 3 is 2.53 bits per heavy atom. The largest absolute Gasteiger partial charge is 0.508 e. The second-order valence-corrected chi connectivity index (χ2v) is 3.86. The fourth-order valence-corrected chi connectivity index (χ4v) is 1.51. The standard InChI is InChI=1S/C12H11N3O4/c16-9-3-1-8(2-4-9)7-13-12(17)10-5-6-11(14-10)15(18)19/h1-6,14,16H,7H2,(H,13,17). The predicted octanol–water partition coefficient (Wildman–Crippen LogP) is 1.56. The Kier molecular flexibility index (Phi) is 3.46. The Hall–Kier alpha value is -2.83. The predicted molar refractivity (Wildman–Crippen MR) is 66.7 cm³/mol. The highest BCUT2D eigenvalue weighted by Crippen LogP contribution is 2.11. The first kappa shape index (κ1) is 12.6. The maximum absolute atomic E-state index is 11.7. The third-order valence-electron chi connectivity index (χ3n) is 2.50. The lowest BCUT2D eigenvalue weighted by molar-refractivity contribution is -0.389. The maximum Gasteiger partial charge on any atom is 0.321 e. The molecule has 0 aliphatic carbocycles. The van der Waals surface area contributed by atoms with Crippen molar-refractivity contribution in [1.82, 2.24) is 10.3 Å². The molecule has 0 aliphatic heterocycles. The van der Waals surface area contributed by atoms with Crippen molar-refractivity contribution in [1.29, 1.82) is 0 Å². The van der Waals surface area contributed by atoms with Gasteiger partial charge in [-0.2, -0.15) is 0 Å². The number of aromatic amines is 1. The lowest BCUT2D eigenvalue weighted by Gasteiger charge is -2.02. The van der Waals surface area contributed by atoms with Crippen molar-refractivity contribution in [3.8, 4) is 5.75 Å². The number of nitro groups is 1. The zero-order valence-electron chi connectivity index (χ0n) is 9.79. The highest BCUT2D eigenvalue weighted by Gasteiger charge is 2.14. The second kappa shape index (κ2) is 5.21. The van der Waals surface area contributed by atoms with E-state index >= 15 is 0 Å². The summed E-state index contributed by atoms with van der Waals surface area (Å²) in [5, 5.41) is 22.2. The molecule has 0 atom stereocenters.